The van der Waals surface area contributed by atoms with E-state index >= 15 is 0 Å². The number of amides is 1. The number of aliphatic hydroxyl groups excluding tert-OH is 2. The molecule has 0 aliphatic carbocycles. The van der Waals surface area contributed by atoms with Gasteiger partial charge in [0.25, 0.3) is 5.91 Å². The Balaban J connectivity index is 2.73. The standard InChI is InChI=1S/C9H11ClN2O3/c10-8-1-2-11-3-7(8)9(15)12-6(4-13)5-14/h1-3,6,13-14H,4-5H2,(H,12,15). The molecule has 0 aliphatic rings. The highest BCUT2D eigenvalue weighted by Crippen LogP contribution is 2.13. The van der Waals surface area contributed by atoms with Crippen LogP contribution in [-0.4, -0.2) is 40.4 Å². The second-order valence-electron chi connectivity index (χ2n) is 2.89. The van der Waals surface area contributed by atoms with Crippen molar-refractivity contribution in [2.24, 2.45) is 0 Å². The summed E-state index contributed by atoms with van der Waals surface area (Å²) in [6.45, 7) is -0.666. The SMILES string of the molecule is O=C(NC(CO)CO)c1cnccc1Cl. The smallest absolute Gasteiger partial charge is 0.254 e. The van der Waals surface area contributed by atoms with Crippen LogP contribution in [0.5, 0.6) is 0 Å². The summed E-state index contributed by atoms with van der Waals surface area (Å²) in [5.74, 6) is -0.471. The average Bonchev–Trinajstić information content (AvgIpc) is 2.26. The van der Waals surface area contributed by atoms with Gasteiger partial charge in [-0.2, -0.15) is 0 Å². The minimum atomic E-state index is -0.686. The minimum Gasteiger partial charge on any atom is -0.394 e. The molecule has 1 aromatic heterocycles. The Morgan fingerprint density at radius 2 is 2.20 bits per heavy atom. The zero-order chi connectivity index (χ0) is 11.3. The summed E-state index contributed by atoms with van der Waals surface area (Å²) < 4.78 is 0. The maximum Gasteiger partial charge on any atom is 0.254 e. The molecule has 0 saturated heterocycles. The minimum absolute atomic E-state index is 0.214. The predicted molar refractivity (Wildman–Crippen MR) is 54.7 cm³/mol. The van der Waals surface area contributed by atoms with Crippen molar-refractivity contribution in [3.63, 3.8) is 0 Å². The van der Waals surface area contributed by atoms with Crippen molar-refractivity contribution in [2.45, 2.75) is 6.04 Å². The van der Waals surface area contributed by atoms with Gasteiger partial charge in [0.2, 0.25) is 0 Å². The molecule has 0 fully saturated rings. The molecule has 0 aromatic carbocycles. The van der Waals surface area contributed by atoms with Crippen LogP contribution in [0.1, 0.15) is 10.4 Å². The van der Waals surface area contributed by atoms with Crippen LogP contribution in [0.4, 0.5) is 0 Å². The molecular weight excluding hydrogens is 220 g/mol. The maximum atomic E-state index is 11.5. The van der Waals surface area contributed by atoms with Crippen molar-refractivity contribution in [3.8, 4) is 0 Å². The first-order valence-corrected chi connectivity index (χ1v) is 4.69. The van der Waals surface area contributed by atoms with Crippen LogP contribution in [0.2, 0.25) is 5.02 Å². The Bertz CT molecular complexity index is 342. The second kappa shape index (κ2) is 5.65. The van der Waals surface area contributed by atoms with Gasteiger partial charge in [-0.05, 0) is 6.07 Å². The number of hydrogen-bond donors (Lipinski definition) is 3. The van der Waals surface area contributed by atoms with Gasteiger partial charge in [0.15, 0.2) is 0 Å². The lowest BCUT2D eigenvalue weighted by molar-refractivity contribution is 0.0879. The summed E-state index contributed by atoms with van der Waals surface area (Å²) in [5, 5.41) is 20.2. The molecule has 0 atom stereocenters. The van der Waals surface area contributed by atoms with Gasteiger partial charge in [0, 0.05) is 12.4 Å². The van der Waals surface area contributed by atoms with E-state index in [4.69, 9.17) is 21.8 Å². The molecule has 0 unspecified atom stereocenters. The zero-order valence-corrected chi connectivity index (χ0v) is 8.61. The molecular formula is C9H11ClN2O3. The Morgan fingerprint density at radius 3 is 2.73 bits per heavy atom. The summed E-state index contributed by atoms with van der Waals surface area (Å²) in [6, 6.07) is 0.803. The maximum absolute atomic E-state index is 11.5. The predicted octanol–water partition coefficient (Wildman–Crippen LogP) is -0.182. The van der Waals surface area contributed by atoms with Crippen LogP contribution in [0, 0.1) is 0 Å². The topological polar surface area (TPSA) is 82.5 Å². The van der Waals surface area contributed by atoms with Gasteiger partial charge in [-0.3, -0.25) is 9.78 Å². The third-order valence-corrected chi connectivity index (χ3v) is 2.12. The van der Waals surface area contributed by atoms with Gasteiger partial charge < -0.3 is 15.5 Å². The van der Waals surface area contributed by atoms with Crippen LogP contribution in [-0.2, 0) is 0 Å². The number of halogens is 1. The second-order valence-corrected chi connectivity index (χ2v) is 3.30. The van der Waals surface area contributed by atoms with Crippen molar-refractivity contribution in [3.05, 3.63) is 29.0 Å². The van der Waals surface area contributed by atoms with Crippen LogP contribution < -0.4 is 5.32 Å². The molecule has 1 heterocycles. The third-order valence-electron chi connectivity index (χ3n) is 1.79. The fraction of sp³-hybridized carbons (Fsp3) is 0.333. The monoisotopic (exact) mass is 230 g/mol. The van der Waals surface area contributed by atoms with E-state index in [0.717, 1.165) is 0 Å². The van der Waals surface area contributed by atoms with E-state index in [1.165, 1.54) is 18.5 Å². The molecule has 15 heavy (non-hydrogen) atoms. The third kappa shape index (κ3) is 3.16. The van der Waals surface area contributed by atoms with E-state index in [2.05, 4.69) is 10.3 Å². The van der Waals surface area contributed by atoms with Gasteiger partial charge in [-0.1, -0.05) is 11.6 Å². The normalized spacial score (nSPS) is 10.4. The van der Waals surface area contributed by atoms with E-state index in [1.54, 1.807) is 0 Å². The first-order chi connectivity index (χ1) is 7.19. The molecule has 0 bridgehead atoms. The quantitative estimate of drug-likeness (QED) is 0.670. The molecule has 3 N–H and O–H groups in total. The summed E-state index contributed by atoms with van der Waals surface area (Å²) in [6.07, 6.45) is 2.79. The molecule has 1 aromatic rings. The summed E-state index contributed by atoms with van der Waals surface area (Å²) in [4.78, 5) is 15.3. The lowest BCUT2D eigenvalue weighted by Gasteiger charge is -2.13. The van der Waals surface area contributed by atoms with E-state index < -0.39 is 11.9 Å². The van der Waals surface area contributed by atoms with Gasteiger partial charge in [0.1, 0.15) is 0 Å². The highest BCUT2D eigenvalue weighted by molar-refractivity contribution is 6.33. The lowest BCUT2D eigenvalue weighted by Crippen LogP contribution is -2.40. The number of aliphatic hydroxyl groups is 2. The fourth-order valence-electron chi connectivity index (χ4n) is 0.957. The number of nitrogens with zero attached hydrogens (tertiary/aromatic N) is 1. The number of pyridine rings is 1. The molecule has 0 radical (unpaired) electrons. The molecule has 0 aliphatic heterocycles. The van der Waals surface area contributed by atoms with Crippen LogP contribution in [0.25, 0.3) is 0 Å². The average molecular weight is 231 g/mol. The largest absolute Gasteiger partial charge is 0.394 e. The van der Waals surface area contributed by atoms with Crippen LogP contribution >= 0.6 is 11.6 Å². The van der Waals surface area contributed by atoms with E-state index in [0.29, 0.717) is 0 Å². The molecule has 0 spiro atoms. The highest BCUT2D eigenvalue weighted by atomic mass is 35.5. The van der Waals surface area contributed by atoms with Gasteiger partial charge in [0.05, 0.1) is 29.8 Å². The highest BCUT2D eigenvalue weighted by Gasteiger charge is 2.14. The number of carbonyl (C=O) groups excluding carboxylic acids is 1. The van der Waals surface area contributed by atoms with E-state index in [9.17, 15) is 4.79 Å². The lowest BCUT2D eigenvalue weighted by atomic mass is 10.2. The van der Waals surface area contributed by atoms with Crippen LogP contribution in [0.3, 0.4) is 0 Å². The molecule has 6 heteroatoms. The van der Waals surface area contributed by atoms with Crippen molar-refractivity contribution >= 4 is 17.5 Å². The van der Waals surface area contributed by atoms with Crippen molar-refractivity contribution < 1.29 is 15.0 Å². The van der Waals surface area contributed by atoms with Gasteiger partial charge >= 0.3 is 0 Å². The Hall–Kier alpha value is -1.17. The first-order valence-electron chi connectivity index (χ1n) is 4.31. The molecule has 0 saturated carbocycles. The molecule has 1 amide bonds. The number of nitrogens with one attached hydrogen (secondary N) is 1. The number of carbonyl (C=O) groups is 1. The molecule has 5 nitrogen and oxygen atoms in total. The summed E-state index contributed by atoms with van der Waals surface area (Å²) in [7, 11) is 0. The number of rotatable bonds is 4. The van der Waals surface area contributed by atoms with Crippen LogP contribution in [0.15, 0.2) is 18.5 Å². The molecule has 1 rings (SSSR count). The van der Waals surface area contributed by atoms with E-state index in [-0.39, 0.29) is 23.8 Å². The van der Waals surface area contributed by atoms with Gasteiger partial charge in [-0.25, -0.2) is 0 Å². The fourth-order valence-corrected chi connectivity index (χ4v) is 1.15. The van der Waals surface area contributed by atoms with Gasteiger partial charge in [-0.15, -0.1) is 0 Å². The Kier molecular flexibility index (Phi) is 4.48. The van der Waals surface area contributed by atoms with Crippen molar-refractivity contribution in [2.75, 3.05) is 13.2 Å². The summed E-state index contributed by atoms with van der Waals surface area (Å²) >= 11 is 5.76. The number of aromatic nitrogens is 1. The molecule has 82 valence electrons. The zero-order valence-electron chi connectivity index (χ0n) is 7.85. The van der Waals surface area contributed by atoms with E-state index in [1.807, 2.05) is 0 Å². The van der Waals surface area contributed by atoms with Crippen molar-refractivity contribution in [1.29, 1.82) is 0 Å². The summed E-state index contributed by atoms with van der Waals surface area (Å²) in [5.41, 5.74) is 0.214. The Labute approximate surface area is 91.7 Å². The first kappa shape index (κ1) is 11.9. The Morgan fingerprint density at radius 1 is 1.53 bits per heavy atom. The number of hydrogen-bond acceptors (Lipinski definition) is 4. The van der Waals surface area contributed by atoms with Crippen molar-refractivity contribution in [1.82, 2.24) is 10.3 Å².